The first kappa shape index (κ1) is 13.8. The summed E-state index contributed by atoms with van der Waals surface area (Å²) in [5.74, 6) is 0. The van der Waals surface area contributed by atoms with Gasteiger partial charge in [-0.25, -0.2) is 4.79 Å². The minimum Gasteiger partial charge on any atom is -0.335 e. The van der Waals surface area contributed by atoms with E-state index in [1.165, 1.54) is 13.0 Å². The van der Waals surface area contributed by atoms with Crippen LogP contribution in [-0.2, 0) is 6.18 Å². The van der Waals surface area contributed by atoms with Crippen LogP contribution in [0.2, 0.25) is 0 Å². The van der Waals surface area contributed by atoms with Gasteiger partial charge in [-0.15, -0.1) is 9.24 Å². The van der Waals surface area contributed by atoms with E-state index in [0.717, 1.165) is 12.1 Å². The first-order valence-corrected chi connectivity index (χ1v) is 5.59. The Morgan fingerprint density at radius 2 is 2.06 bits per heavy atom. The van der Waals surface area contributed by atoms with Crippen molar-refractivity contribution in [3.8, 4) is 0 Å². The van der Waals surface area contributed by atoms with Gasteiger partial charge in [-0.05, 0) is 30.7 Å². The summed E-state index contributed by atoms with van der Waals surface area (Å²) >= 11 is 0. The molecule has 1 rings (SSSR count). The molecule has 1 atom stereocenters. The highest BCUT2D eigenvalue weighted by Gasteiger charge is 2.30. The first-order chi connectivity index (χ1) is 7.84. The molecule has 0 aliphatic rings. The highest BCUT2D eigenvalue weighted by molar-refractivity contribution is 7.16. The summed E-state index contributed by atoms with van der Waals surface area (Å²) in [6.45, 7) is 1.51. The van der Waals surface area contributed by atoms with Crippen LogP contribution in [-0.4, -0.2) is 12.3 Å². The molecule has 1 aromatic carbocycles. The molecule has 0 spiro atoms. The SMILES string of the molecule is Cc1cc(C(F)(F)F)ccc1NC(=O)NCP. The lowest BCUT2D eigenvalue weighted by atomic mass is 10.1. The lowest BCUT2D eigenvalue weighted by Gasteiger charge is -2.12. The average Bonchev–Trinajstić information content (AvgIpc) is 2.20. The van der Waals surface area contributed by atoms with E-state index in [0.29, 0.717) is 17.5 Å². The average molecular weight is 264 g/mol. The molecule has 0 radical (unpaired) electrons. The third-order valence-electron chi connectivity index (χ3n) is 2.06. The molecule has 0 heterocycles. The molecular formula is C10H12F3N2OP. The number of carbonyl (C=O) groups excluding carboxylic acids is 1. The first-order valence-electron chi connectivity index (χ1n) is 4.77. The van der Waals surface area contributed by atoms with Crippen LogP contribution in [0.25, 0.3) is 0 Å². The van der Waals surface area contributed by atoms with E-state index < -0.39 is 17.8 Å². The molecule has 0 bridgehead atoms. The molecule has 2 N–H and O–H groups in total. The number of benzene rings is 1. The standard InChI is InChI=1S/C10H12F3N2OP/c1-6-4-7(10(11,12)13)2-3-8(6)15-9(16)14-5-17/h2-4H,5,17H2,1H3,(H2,14,15,16). The molecule has 0 saturated carbocycles. The van der Waals surface area contributed by atoms with Crippen LogP contribution in [0.1, 0.15) is 11.1 Å². The number of hydrogen-bond acceptors (Lipinski definition) is 1. The van der Waals surface area contributed by atoms with Gasteiger partial charge in [-0.1, -0.05) is 0 Å². The van der Waals surface area contributed by atoms with Crippen molar-refractivity contribution in [1.29, 1.82) is 0 Å². The lowest BCUT2D eigenvalue weighted by molar-refractivity contribution is -0.137. The van der Waals surface area contributed by atoms with Crippen molar-refractivity contribution in [3.63, 3.8) is 0 Å². The smallest absolute Gasteiger partial charge is 0.335 e. The summed E-state index contributed by atoms with van der Waals surface area (Å²) < 4.78 is 37.1. The molecule has 3 nitrogen and oxygen atoms in total. The van der Waals surface area contributed by atoms with Gasteiger partial charge in [-0.2, -0.15) is 13.2 Å². The maximum absolute atomic E-state index is 12.4. The Balaban J connectivity index is 2.87. The largest absolute Gasteiger partial charge is 0.416 e. The Labute approximate surface area is 99.0 Å². The summed E-state index contributed by atoms with van der Waals surface area (Å²) in [6, 6.07) is 2.71. The van der Waals surface area contributed by atoms with Crippen LogP contribution in [0.15, 0.2) is 18.2 Å². The maximum Gasteiger partial charge on any atom is 0.416 e. The van der Waals surface area contributed by atoms with Crippen molar-refractivity contribution >= 4 is 21.0 Å². The fraction of sp³-hybridized carbons (Fsp3) is 0.300. The van der Waals surface area contributed by atoms with Gasteiger partial charge in [0.25, 0.3) is 0 Å². The molecule has 0 fully saturated rings. The number of hydrogen-bond donors (Lipinski definition) is 2. The van der Waals surface area contributed by atoms with Crippen LogP contribution in [0.4, 0.5) is 23.7 Å². The number of halogens is 3. The second-order valence-corrected chi connectivity index (χ2v) is 3.77. The van der Waals surface area contributed by atoms with Crippen molar-refractivity contribution in [2.75, 3.05) is 11.6 Å². The number of amides is 2. The number of urea groups is 1. The van der Waals surface area contributed by atoms with Gasteiger partial charge < -0.3 is 10.6 Å². The molecular weight excluding hydrogens is 252 g/mol. The van der Waals surface area contributed by atoms with Gasteiger partial charge in [0.15, 0.2) is 0 Å². The van der Waals surface area contributed by atoms with E-state index in [1.807, 2.05) is 0 Å². The van der Waals surface area contributed by atoms with E-state index in [-0.39, 0.29) is 0 Å². The molecule has 2 amide bonds. The van der Waals surface area contributed by atoms with Crippen LogP contribution >= 0.6 is 9.24 Å². The van der Waals surface area contributed by atoms with Crippen LogP contribution in [0, 0.1) is 6.92 Å². The van der Waals surface area contributed by atoms with Crippen LogP contribution in [0.5, 0.6) is 0 Å². The van der Waals surface area contributed by atoms with Gasteiger partial charge >= 0.3 is 12.2 Å². The van der Waals surface area contributed by atoms with E-state index in [4.69, 9.17) is 0 Å². The molecule has 0 saturated heterocycles. The molecule has 1 unspecified atom stereocenters. The zero-order valence-corrected chi connectivity index (χ0v) is 10.2. The molecule has 7 heteroatoms. The highest BCUT2D eigenvalue weighted by Crippen LogP contribution is 2.31. The Morgan fingerprint density at radius 1 is 1.41 bits per heavy atom. The zero-order chi connectivity index (χ0) is 13.1. The minimum absolute atomic E-state index is 0.356. The van der Waals surface area contributed by atoms with Crippen molar-refractivity contribution < 1.29 is 18.0 Å². The molecule has 94 valence electrons. The van der Waals surface area contributed by atoms with Crippen molar-refractivity contribution in [1.82, 2.24) is 5.32 Å². The number of carbonyl (C=O) groups is 1. The number of aryl methyl sites for hydroxylation is 1. The van der Waals surface area contributed by atoms with Crippen molar-refractivity contribution in [2.45, 2.75) is 13.1 Å². The number of rotatable bonds is 2. The van der Waals surface area contributed by atoms with Gasteiger partial charge in [0.1, 0.15) is 0 Å². The molecule has 1 aromatic rings. The Hall–Kier alpha value is -1.29. The normalized spacial score (nSPS) is 11.1. The predicted octanol–water partition coefficient (Wildman–Crippen LogP) is 2.97. The zero-order valence-electron chi connectivity index (χ0n) is 9.06. The number of nitrogens with one attached hydrogen (secondary N) is 2. The number of anilines is 1. The van der Waals surface area contributed by atoms with E-state index >= 15 is 0 Å². The topological polar surface area (TPSA) is 41.1 Å². The summed E-state index contributed by atoms with van der Waals surface area (Å²) in [7, 11) is 2.30. The highest BCUT2D eigenvalue weighted by atomic mass is 31.0. The van der Waals surface area contributed by atoms with Crippen molar-refractivity contribution in [3.05, 3.63) is 29.3 Å². The van der Waals surface area contributed by atoms with Crippen LogP contribution in [0.3, 0.4) is 0 Å². The predicted molar refractivity (Wildman–Crippen MR) is 62.9 cm³/mol. The molecule has 0 aliphatic heterocycles. The fourth-order valence-corrected chi connectivity index (χ4v) is 1.42. The van der Waals surface area contributed by atoms with Crippen molar-refractivity contribution in [2.24, 2.45) is 0 Å². The second-order valence-electron chi connectivity index (χ2n) is 3.36. The third-order valence-corrected chi connectivity index (χ3v) is 2.27. The quantitative estimate of drug-likeness (QED) is 0.792. The summed E-state index contributed by atoms with van der Waals surface area (Å²) in [5, 5.41) is 4.92. The van der Waals surface area contributed by atoms with Gasteiger partial charge in [0, 0.05) is 12.0 Å². The van der Waals surface area contributed by atoms with Gasteiger partial charge in [0.05, 0.1) is 5.56 Å². The van der Waals surface area contributed by atoms with E-state index in [2.05, 4.69) is 19.9 Å². The van der Waals surface area contributed by atoms with Gasteiger partial charge in [0.2, 0.25) is 0 Å². The fourth-order valence-electron chi connectivity index (χ4n) is 1.24. The van der Waals surface area contributed by atoms with E-state index in [1.54, 1.807) is 0 Å². The molecule has 0 aromatic heterocycles. The van der Waals surface area contributed by atoms with E-state index in [9.17, 15) is 18.0 Å². The molecule has 0 aliphatic carbocycles. The summed E-state index contributed by atoms with van der Waals surface area (Å²) in [6.07, 6.45) is -4.00. The monoisotopic (exact) mass is 264 g/mol. The third kappa shape index (κ3) is 3.89. The lowest BCUT2D eigenvalue weighted by Crippen LogP contribution is -2.27. The summed E-state index contributed by atoms with van der Waals surface area (Å²) in [5.41, 5.74) is -0.0142. The van der Waals surface area contributed by atoms with Gasteiger partial charge in [-0.3, -0.25) is 0 Å². The second kappa shape index (κ2) is 5.36. The summed E-state index contributed by atoms with van der Waals surface area (Å²) in [4.78, 5) is 11.2. The number of alkyl halides is 3. The van der Waals surface area contributed by atoms with Crippen LogP contribution < -0.4 is 10.6 Å². The Kier molecular flexibility index (Phi) is 4.34. The maximum atomic E-state index is 12.4. The molecule has 17 heavy (non-hydrogen) atoms. The Morgan fingerprint density at radius 3 is 2.53 bits per heavy atom. The minimum atomic E-state index is -4.37. The Bertz CT molecular complexity index is 421.